The van der Waals surface area contributed by atoms with Gasteiger partial charge in [-0.1, -0.05) is 48.5 Å². The Morgan fingerprint density at radius 1 is 1.25 bits per heavy atom. The molecule has 1 N–H and O–H groups in total. The molecular weight excluding hydrogens is 264 g/mol. The quantitative estimate of drug-likeness (QED) is 0.884. The number of aryl methyl sites for hydroxylation is 1. The summed E-state index contributed by atoms with van der Waals surface area (Å²) in [6, 6.07) is 8.68. The molecule has 108 valence electrons. The second-order valence-electron chi connectivity index (χ2n) is 6.48. The standard InChI is InChI=1S/C17H24N2S/c1-13-3-5-15(6-4-13)11-18-16-19-17(12-20-16)9-7-14(2)8-10-17/h3-6,14H,7-12H2,1-2H3,(H,18,19). The Morgan fingerprint density at radius 2 is 1.95 bits per heavy atom. The molecule has 2 aliphatic rings. The van der Waals surface area contributed by atoms with Gasteiger partial charge >= 0.3 is 0 Å². The lowest BCUT2D eigenvalue weighted by molar-refractivity contribution is 0.251. The average molecular weight is 288 g/mol. The van der Waals surface area contributed by atoms with Crippen molar-refractivity contribution in [2.45, 2.75) is 51.6 Å². The topological polar surface area (TPSA) is 24.4 Å². The van der Waals surface area contributed by atoms with E-state index in [1.807, 2.05) is 11.8 Å². The summed E-state index contributed by atoms with van der Waals surface area (Å²) < 4.78 is 0. The molecular formula is C17H24N2S. The lowest BCUT2D eigenvalue weighted by atomic mass is 9.78. The van der Waals surface area contributed by atoms with Gasteiger partial charge in [0.2, 0.25) is 0 Å². The van der Waals surface area contributed by atoms with Crippen LogP contribution < -0.4 is 5.32 Å². The van der Waals surface area contributed by atoms with Crippen molar-refractivity contribution < 1.29 is 0 Å². The van der Waals surface area contributed by atoms with E-state index in [1.54, 1.807) is 0 Å². The minimum Gasteiger partial charge on any atom is -0.359 e. The Balaban J connectivity index is 1.59. The molecule has 0 bridgehead atoms. The highest BCUT2D eigenvalue weighted by Crippen LogP contribution is 2.38. The van der Waals surface area contributed by atoms with Crippen molar-refractivity contribution in [1.82, 2.24) is 5.32 Å². The van der Waals surface area contributed by atoms with Crippen LogP contribution in [0.5, 0.6) is 0 Å². The summed E-state index contributed by atoms with van der Waals surface area (Å²) in [5.41, 5.74) is 2.96. The highest BCUT2D eigenvalue weighted by atomic mass is 32.2. The molecule has 1 saturated heterocycles. The largest absolute Gasteiger partial charge is 0.359 e. The second-order valence-corrected chi connectivity index (χ2v) is 7.45. The number of amidine groups is 1. The molecule has 1 aliphatic heterocycles. The Kier molecular flexibility index (Phi) is 4.06. The Labute approximate surface area is 126 Å². The molecule has 1 heterocycles. The molecule has 0 unspecified atom stereocenters. The normalized spacial score (nSPS) is 31.7. The highest BCUT2D eigenvalue weighted by molar-refractivity contribution is 8.14. The molecule has 1 saturated carbocycles. The van der Waals surface area contributed by atoms with Gasteiger partial charge in [-0.05, 0) is 44.1 Å². The van der Waals surface area contributed by atoms with E-state index in [2.05, 4.69) is 43.4 Å². The molecule has 0 radical (unpaired) electrons. The maximum absolute atomic E-state index is 4.76. The predicted molar refractivity (Wildman–Crippen MR) is 88.3 cm³/mol. The summed E-state index contributed by atoms with van der Waals surface area (Å²) in [7, 11) is 0. The van der Waals surface area contributed by atoms with Crippen LogP contribution >= 0.6 is 11.8 Å². The van der Waals surface area contributed by atoms with Crippen LogP contribution in [0.1, 0.15) is 43.7 Å². The van der Waals surface area contributed by atoms with E-state index in [9.17, 15) is 0 Å². The molecule has 2 nitrogen and oxygen atoms in total. The first kappa shape index (κ1) is 14.0. The number of thioether (sulfide) groups is 1. The molecule has 2 fully saturated rings. The van der Waals surface area contributed by atoms with Crippen LogP contribution in [-0.4, -0.2) is 16.5 Å². The summed E-state index contributed by atoms with van der Waals surface area (Å²) >= 11 is 1.91. The third-order valence-electron chi connectivity index (χ3n) is 4.61. The van der Waals surface area contributed by atoms with E-state index in [0.717, 1.165) is 17.6 Å². The van der Waals surface area contributed by atoms with E-state index in [4.69, 9.17) is 4.99 Å². The number of rotatable bonds is 2. The zero-order chi connectivity index (χ0) is 14.0. The number of hydrogen-bond donors (Lipinski definition) is 1. The molecule has 3 rings (SSSR count). The third kappa shape index (κ3) is 3.20. The van der Waals surface area contributed by atoms with Crippen LogP contribution in [0.2, 0.25) is 0 Å². The van der Waals surface area contributed by atoms with E-state index in [1.165, 1.54) is 42.6 Å². The second kappa shape index (κ2) is 5.80. The van der Waals surface area contributed by atoms with Gasteiger partial charge in [0.25, 0.3) is 0 Å². The van der Waals surface area contributed by atoms with Gasteiger partial charge in [-0.3, -0.25) is 4.99 Å². The monoisotopic (exact) mass is 288 g/mol. The Morgan fingerprint density at radius 3 is 2.65 bits per heavy atom. The van der Waals surface area contributed by atoms with Crippen molar-refractivity contribution in [3.63, 3.8) is 0 Å². The van der Waals surface area contributed by atoms with Gasteiger partial charge in [0, 0.05) is 11.3 Å². The minimum atomic E-state index is 0.350. The molecule has 1 aromatic carbocycles. The fourth-order valence-corrected chi connectivity index (χ4v) is 4.25. The average Bonchev–Trinajstić information content (AvgIpc) is 2.85. The van der Waals surface area contributed by atoms with E-state index in [-0.39, 0.29) is 0 Å². The zero-order valence-electron chi connectivity index (χ0n) is 12.5. The van der Waals surface area contributed by atoms with Crippen molar-refractivity contribution in [1.29, 1.82) is 0 Å². The summed E-state index contributed by atoms with van der Waals surface area (Å²) in [5, 5.41) is 4.87. The maximum atomic E-state index is 4.76. The van der Waals surface area contributed by atoms with E-state index >= 15 is 0 Å². The van der Waals surface area contributed by atoms with Gasteiger partial charge in [0.15, 0.2) is 5.17 Å². The molecule has 1 spiro atoms. The highest BCUT2D eigenvalue weighted by Gasteiger charge is 2.39. The van der Waals surface area contributed by atoms with E-state index in [0.29, 0.717) is 5.54 Å². The number of nitrogens with zero attached hydrogens (tertiary/aromatic N) is 1. The van der Waals surface area contributed by atoms with Gasteiger partial charge in [-0.25, -0.2) is 0 Å². The first-order valence-electron chi connectivity index (χ1n) is 7.66. The van der Waals surface area contributed by atoms with Crippen molar-refractivity contribution in [3.05, 3.63) is 35.4 Å². The molecule has 1 aliphatic carbocycles. The van der Waals surface area contributed by atoms with Crippen LogP contribution in [0.4, 0.5) is 0 Å². The number of aliphatic imine (C=N–C) groups is 1. The van der Waals surface area contributed by atoms with Crippen molar-refractivity contribution in [3.8, 4) is 0 Å². The van der Waals surface area contributed by atoms with Crippen LogP contribution in [0.15, 0.2) is 29.3 Å². The molecule has 0 aromatic heterocycles. The van der Waals surface area contributed by atoms with Crippen molar-refractivity contribution >= 4 is 16.9 Å². The van der Waals surface area contributed by atoms with Crippen molar-refractivity contribution in [2.75, 3.05) is 5.75 Å². The lowest BCUT2D eigenvalue weighted by Gasteiger charge is -2.35. The molecule has 0 atom stereocenters. The first-order chi connectivity index (χ1) is 9.65. The third-order valence-corrected chi connectivity index (χ3v) is 5.82. The lowest BCUT2D eigenvalue weighted by Crippen LogP contribution is -2.46. The van der Waals surface area contributed by atoms with E-state index < -0.39 is 0 Å². The predicted octanol–water partition coefficient (Wildman–Crippen LogP) is 4.14. The molecule has 1 aromatic rings. The van der Waals surface area contributed by atoms with Gasteiger partial charge < -0.3 is 5.32 Å². The number of benzene rings is 1. The van der Waals surface area contributed by atoms with Gasteiger partial charge in [-0.2, -0.15) is 0 Å². The first-order valence-corrected chi connectivity index (χ1v) is 8.65. The van der Waals surface area contributed by atoms with Gasteiger partial charge in [0.05, 0.1) is 6.54 Å². The summed E-state index contributed by atoms with van der Waals surface area (Å²) in [6.45, 7) is 5.29. The summed E-state index contributed by atoms with van der Waals surface area (Å²) in [5.74, 6) is 2.10. The Bertz CT molecular complexity index is 484. The smallest absolute Gasteiger partial charge is 0.157 e. The number of nitrogens with one attached hydrogen (secondary N) is 1. The number of hydrogen-bond acceptors (Lipinski definition) is 2. The maximum Gasteiger partial charge on any atom is 0.157 e. The zero-order valence-corrected chi connectivity index (χ0v) is 13.3. The SMILES string of the molecule is Cc1ccc(CN=C2NC3(CCC(C)CC3)CS2)cc1. The molecule has 20 heavy (non-hydrogen) atoms. The van der Waals surface area contributed by atoms with Crippen LogP contribution in [-0.2, 0) is 6.54 Å². The van der Waals surface area contributed by atoms with Gasteiger partial charge in [-0.15, -0.1) is 0 Å². The van der Waals surface area contributed by atoms with Gasteiger partial charge in [0.1, 0.15) is 0 Å². The fraction of sp³-hybridized carbons (Fsp3) is 0.588. The summed E-state index contributed by atoms with van der Waals surface area (Å²) in [6.07, 6.45) is 5.34. The molecule has 3 heteroatoms. The Hall–Kier alpha value is -0.960. The summed E-state index contributed by atoms with van der Waals surface area (Å²) in [4.78, 5) is 4.76. The molecule has 0 amide bonds. The van der Waals surface area contributed by atoms with Crippen LogP contribution in [0.3, 0.4) is 0 Å². The van der Waals surface area contributed by atoms with Crippen molar-refractivity contribution in [2.24, 2.45) is 10.9 Å². The fourth-order valence-electron chi connectivity index (χ4n) is 3.03. The van der Waals surface area contributed by atoms with Crippen LogP contribution in [0, 0.1) is 12.8 Å². The minimum absolute atomic E-state index is 0.350. The van der Waals surface area contributed by atoms with Crippen LogP contribution in [0.25, 0.3) is 0 Å².